The first kappa shape index (κ1) is 12.4. The molecular formula is C10H13Cl2NO2. The molecule has 0 saturated carbocycles. The Balaban J connectivity index is 2.76. The number of hydrogen-bond donors (Lipinski definition) is 1. The minimum atomic E-state index is 0.529. The van der Waals surface area contributed by atoms with Gasteiger partial charge in [-0.3, -0.25) is 0 Å². The van der Waals surface area contributed by atoms with Crippen molar-refractivity contribution in [3.05, 3.63) is 22.2 Å². The molecule has 0 amide bonds. The lowest BCUT2D eigenvalue weighted by Crippen LogP contribution is -2.07. The maximum absolute atomic E-state index is 6.02. The number of benzene rings is 1. The zero-order chi connectivity index (χ0) is 11.3. The zero-order valence-electron chi connectivity index (χ0n) is 8.64. The molecule has 3 nitrogen and oxygen atoms in total. The van der Waals surface area contributed by atoms with Crippen LogP contribution >= 0.6 is 23.2 Å². The Morgan fingerprint density at radius 3 is 2.53 bits per heavy atom. The van der Waals surface area contributed by atoms with E-state index in [-0.39, 0.29) is 0 Å². The van der Waals surface area contributed by atoms with Gasteiger partial charge < -0.3 is 14.8 Å². The number of rotatable bonds is 5. The largest absolute Gasteiger partial charge is 0.495 e. The lowest BCUT2D eigenvalue weighted by molar-refractivity contribution is 0.211. The second kappa shape index (κ2) is 6.05. The number of hydrogen-bond acceptors (Lipinski definition) is 3. The Bertz CT molecular complexity index is 331. The van der Waals surface area contributed by atoms with Crippen molar-refractivity contribution in [2.24, 2.45) is 0 Å². The first-order chi connectivity index (χ1) is 7.19. The number of anilines is 1. The minimum absolute atomic E-state index is 0.529. The van der Waals surface area contributed by atoms with Gasteiger partial charge in [-0.05, 0) is 6.07 Å². The molecule has 0 bridgehead atoms. The van der Waals surface area contributed by atoms with Crippen molar-refractivity contribution in [3.8, 4) is 5.75 Å². The van der Waals surface area contributed by atoms with Gasteiger partial charge in [0.05, 0.1) is 29.4 Å². The lowest BCUT2D eigenvalue weighted by atomic mass is 10.3. The molecule has 0 unspecified atom stereocenters. The van der Waals surface area contributed by atoms with Crippen LogP contribution in [0.1, 0.15) is 0 Å². The van der Waals surface area contributed by atoms with Crippen molar-refractivity contribution < 1.29 is 9.47 Å². The molecule has 0 radical (unpaired) electrons. The summed E-state index contributed by atoms with van der Waals surface area (Å²) >= 11 is 12.0. The molecule has 0 saturated heterocycles. The van der Waals surface area contributed by atoms with Crippen molar-refractivity contribution >= 4 is 28.9 Å². The third kappa shape index (κ3) is 3.45. The van der Waals surface area contributed by atoms with E-state index in [0.717, 1.165) is 5.69 Å². The topological polar surface area (TPSA) is 30.5 Å². The fourth-order valence-electron chi connectivity index (χ4n) is 1.11. The molecule has 0 spiro atoms. The van der Waals surface area contributed by atoms with Crippen molar-refractivity contribution in [2.75, 3.05) is 32.7 Å². The number of halogens is 2. The van der Waals surface area contributed by atoms with Gasteiger partial charge in [-0.1, -0.05) is 23.2 Å². The van der Waals surface area contributed by atoms with E-state index in [1.807, 2.05) is 0 Å². The predicted octanol–water partition coefficient (Wildman–Crippen LogP) is 3.06. The molecule has 0 atom stereocenters. The van der Waals surface area contributed by atoms with Crippen LogP contribution in [0.15, 0.2) is 12.1 Å². The Kier molecular flexibility index (Phi) is 5.02. The van der Waals surface area contributed by atoms with E-state index in [2.05, 4.69) is 5.32 Å². The molecular weight excluding hydrogens is 237 g/mol. The Hall–Kier alpha value is -0.640. The quantitative estimate of drug-likeness (QED) is 0.814. The summed E-state index contributed by atoms with van der Waals surface area (Å²) in [6.07, 6.45) is 0. The van der Waals surface area contributed by atoms with Crippen molar-refractivity contribution in [2.45, 2.75) is 0 Å². The normalized spacial score (nSPS) is 10.1. The Morgan fingerprint density at radius 1 is 1.20 bits per heavy atom. The lowest BCUT2D eigenvalue weighted by Gasteiger charge is -2.10. The molecule has 0 fully saturated rings. The maximum Gasteiger partial charge on any atom is 0.139 e. The summed E-state index contributed by atoms with van der Waals surface area (Å²) in [6, 6.07) is 3.41. The van der Waals surface area contributed by atoms with Crippen LogP contribution in [0.2, 0.25) is 10.0 Å². The molecule has 5 heteroatoms. The highest BCUT2D eigenvalue weighted by molar-refractivity contribution is 6.36. The molecule has 15 heavy (non-hydrogen) atoms. The van der Waals surface area contributed by atoms with Crippen LogP contribution < -0.4 is 10.1 Å². The molecule has 1 aromatic rings. The predicted molar refractivity (Wildman–Crippen MR) is 63.4 cm³/mol. The molecule has 1 rings (SSSR count). The highest BCUT2D eigenvalue weighted by atomic mass is 35.5. The van der Waals surface area contributed by atoms with Crippen LogP contribution in [-0.4, -0.2) is 27.4 Å². The van der Waals surface area contributed by atoms with Gasteiger partial charge >= 0.3 is 0 Å². The highest BCUT2D eigenvalue weighted by Gasteiger charge is 2.06. The third-order valence-electron chi connectivity index (χ3n) is 1.86. The van der Waals surface area contributed by atoms with Gasteiger partial charge in [-0.2, -0.15) is 0 Å². The third-order valence-corrected chi connectivity index (χ3v) is 2.47. The molecule has 1 aromatic carbocycles. The first-order valence-corrected chi connectivity index (χ1v) is 5.20. The van der Waals surface area contributed by atoms with Gasteiger partial charge in [-0.25, -0.2) is 0 Å². The van der Waals surface area contributed by atoms with Gasteiger partial charge in [0, 0.05) is 19.7 Å². The Labute approximate surface area is 99.3 Å². The van der Waals surface area contributed by atoms with Gasteiger partial charge in [0.25, 0.3) is 0 Å². The average molecular weight is 250 g/mol. The summed E-state index contributed by atoms with van der Waals surface area (Å²) in [7, 11) is 3.19. The zero-order valence-corrected chi connectivity index (χ0v) is 10.2. The first-order valence-electron chi connectivity index (χ1n) is 4.45. The van der Waals surface area contributed by atoms with E-state index in [1.165, 1.54) is 0 Å². The second-order valence-corrected chi connectivity index (χ2v) is 3.70. The van der Waals surface area contributed by atoms with E-state index >= 15 is 0 Å². The van der Waals surface area contributed by atoms with Crippen LogP contribution in [0, 0.1) is 0 Å². The summed E-state index contributed by atoms with van der Waals surface area (Å²) in [5.41, 5.74) is 0.777. The molecule has 84 valence electrons. The van der Waals surface area contributed by atoms with Crippen LogP contribution in [0.25, 0.3) is 0 Å². The standard InChI is InChI=1S/C10H13Cl2NO2/c1-14-4-3-13-9-5-8(12)10(15-2)6-7(9)11/h5-6,13H,3-4H2,1-2H3. The van der Waals surface area contributed by atoms with Crippen LogP contribution in [0.4, 0.5) is 5.69 Å². The van der Waals surface area contributed by atoms with Crippen LogP contribution in [0.3, 0.4) is 0 Å². The van der Waals surface area contributed by atoms with E-state index in [4.69, 9.17) is 32.7 Å². The maximum atomic E-state index is 6.02. The molecule has 0 heterocycles. The second-order valence-electron chi connectivity index (χ2n) is 2.89. The molecule has 0 aliphatic rings. The Morgan fingerprint density at radius 2 is 1.93 bits per heavy atom. The van der Waals surface area contributed by atoms with Crippen molar-refractivity contribution in [1.82, 2.24) is 0 Å². The van der Waals surface area contributed by atoms with E-state index in [0.29, 0.717) is 28.9 Å². The van der Waals surface area contributed by atoms with Crippen LogP contribution in [0.5, 0.6) is 5.75 Å². The molecule has 0 aliphatic carbocycles. The molecule has 0 aromatic heterocycles. The fraction of sp³-hybridized carbons (Fsp3) is 0.400. The minimum Gasteiger partial charge on any atom is -0.495 e. The van der Waals surface area contributed by atoms with Gasteiger partial charge in [0.2, 0.25) is 0 Å². The summed E-state index contributed by atoms with van der Waals surface area (Å²) in [5.74, 6) is 0.568. The molecule has 0 aliphatic heterocycles. The number of ether oxygens (including phenoxy) is 2. The van der Waals surface area contributed by atoms with Gasteiger partial charge in [-0.15, -0.1) is 0 Å². The fourth-order valence-corrected chi connectivity index (χ4v) is 1.57. The number of methoxy groups -OCH3 is 2. The SMILES string of the molecule is COCCNc1cc(Cl)c(OC)cc1Cl. The average Bonchev–Trinajstić information content (AvgIpc) is 2.23. The van der Waals surface area contributed by atoms with E-state index in [9.17, 15) is 0 Å². The van der Waals surface area contributed by atoms with Gasteiger partial charge in [0.15, 0.2) is 0 Å². The van der Waals surface area contributed by atoms with Gasteiger partial charge in [0.1, 0.15) is 5.75 Å². The summed E-state index contributed by atoms with van der Waals surface area (Å²) in [4.78, 5) is 0. The summed E-state index contributed by atoms with van der Waals surface area (Å²) < 4.78 is 9.95. The summed E-state index contributed by atoms with van der Waals surface area (Å²) in [5, 5.41) is 4.21. The monoisotopic (exact) mass is 249 g/mol. The molecule has 1 N–H and O–H groups in total. The number of nitrogens with one attached hydrogen (secondary N) is 1. The van der Waals surface area contributed by atoms with E-state index < -0.39 is 0 Å². The summed E-state index contributed by atoms with van der Waals surface area (Å²) in [6.45, 7) is 1.29. The van der Waals surface area contributed by atoms with Crippen molar-refractivity contribution in [3.63, 3.8) is 0 Å². The highest BCUT2D eigenvalue weighted by Crippen LogP contribution is 2.33. The van der Waals surface area contributed by atoms with Crippen LogP contribution in [-0.2, 0) is 4.74 Å². The van der Waals surface area contributed by atoms with Crippen molar-refractivity contribution in [1.29, 1.82) is 0 Å². The van der Waals surface area contributed by atoms with E-state index in [1.54, 1.807) is 26.4 Å². The smallest absolute Gasteiger partial charge is 0.139 e.